The SMILES string of the molecule is COC(CN)C(=O)Nc1ccccc1S(=O)(=O)C(F)F. The molecule has 0 aliphatic carbocycles. The molecule has 20 heavy (non-hydrogen) atoms. The summed E-state index contributed by atoms with van der Waals surface area (Å²) < 4.78 is 52.9. The van der Waals surface area contributed by atoms with E-state index < -0.39 is 32.5 Å². The second kappa shape index (κ2) is 6.73. The van der Waals surface area contributed by atoms with E-state index in [9.17, 15) is 22.0 Å². The van der Waals surface area contributed by atoms with Gasteiger partial charge in [-0.15, -0.1) is 0 Å². The number of hydrogen-bond acceptors (Lipinski definition) is 5. The van der Waals surface area contributed by atoms with Gasteiger partial charge in [-0.1, -0.05) is 12.1 Å². The van der Waals surface area contributed by atoms with Gasteiger partial charge in [0.1, 0.15) is 6.10 Å². The number of benzene rings is 1. The molecule has 0 aliphatic rings. The van der Waals surface area contributed by atoms with Crippen LogP contribution in [0.1, 0.15) is 0 Å². The fourth-order valence-corrected chi connectivity index (χ4v) is 2.32. The molecule has 1 rings (SSSR count). The minimum Gasteiger partial charge on any atom is -0.370 e. The molecule has 0 saturated carbocycles. The van der Waals surface area contributed by atoms with Crippen molar-refractivity contribution in [1.29, 1.82) is 0 Å². The lowest BCUT2D eigenvalue weighted by molar-refractivity contribution is -0.125. The molecule has 0 aromatic heterocycles. The molecule has 1 amide bonds. The summed E-state index contributed by atoms with van der Waals surface area (Å²) in [6, 6.07) is 4.88. The third-order valence-corrected chi connectivity index (χ3v) is 3.92. The Kier molecular flexibility index (Phi) is 5.54. The van der Waals surface area contributed by atoms with Crippen LogP contribution >= 0.6 is 0 Å². The maximum Gasteiger partial charge on any atom is 0.341 e. The number of nitrogens with two attached hydrogens (primary N) is 1. The molecular weight excluding hydrogens is 294 g/mol. The van der Waals surface area contributed by atoms with Crippen molar-refractivity contribution in [2.24, 2.45) is 5.73 Å². The average Bonchev–Trinajstić information content (AvgIpc) is 2.40. The Labute approximate surface area is 114 Å². The number of halogens is 2. The molecule has 1 unspecified atom stereocenters. The molecule has 3 N–H and O–H groups in total. The molecule has 0 heterocycles. The summed E-state index contributed by atoms with van der Waals surface area (Å²) in [6.45, 7) is -0.133. The highest BCUT2D eigenvalue weighted by Crippen LogP contribution is 2.26. The van der Waals surface area contributed by atoms with Gasteiger partial charge < -0.3 is 15.8 Å². The van der Waals surface area contributed by atoms with Crippen molar-refractivity contribution >= 4 is 21.4 Å². The first-order valence-electron chi connectivity index (χ1n) is 5.49. The standard InChI is InChI=1S/C11H14F2N2O4S/c1-19-8(6-14)10(16)15-7-4-2-3-5-9(7)20(17,18)11(12)13/h2-5,8,11H,6,14H2,1H3,(H,15,16). The quantitative estimate of drug-likeness (QED) is 0.801. The number of anilines is 1. The number of hydrogen-bond donors (Lipinski definition) is 2. The van der Waals surface area contributed by atoms with E-state index in [-0.39, 0.29) is 12.2 Å². The Morgan fingerprint density at radius 2 is 2.00 bits per heavy atom. The van der Waals surface area contributed by atoms with Crippen molar-refractivity contribution in [3.05, 3.63) is 24.3 Å². The Morgan fingerprint density at radius 1 is 1.40 bits per heavy atom. The molecule has 0 aliphatic heterocycles. The molecule has 0 spiro atoms. The summed E-state index contributed by atoms with van der Waals surface area (Å²) in [5.74, 6) is -4.29. The van der Waals surface area contributed by atoms with Crippen LogP contribution < -0.4 is 11.1 Å². The van der Waals surface area contributed by atoms with Gasteiger partial charge in [-0.25, -0.2) is 8.42 Å². The smallest absolute Gasteiger partial charge is 0.341 e. The van der Waals surface area contributed by atoms with Crippen molar-refractivity contribution in [1.82, 2.24) is 0 Å². The summed E-state index contributed by atoms with van der Waals surface area (Å²) in [5, 5.41) is 2.22. The van der Waals surface area contributed by atoms with Crippen LogP contribution in [0.15, 0.2) is 29.2 Å². The maximum atomic E-state index is 12.6. The van der Waals surface area contributed by atoms with Crippen LogP contribution in [0, 0.1) is 0 Å². The van der Waals surface area contributed by atoms with Crippen LogP contribution in [0.25, 0.3) is 0 Å². The highest BCUT2D eigenvalue weighted by atomic mass is 32.2. The minimum absolute atomic E-state index is 0.133. The van der Waals surface area contributed by atoms with Gasteiger partial charge in [0, 0.05) is 13.7 Å². The van der Waals surface area contributed by atoms with Gasteiger partial charge in [0.15, 0.2) is 0 Å². The van der Waals surface area contributed by atoms with Crippen molar-refractivity contribution in [3.8, 4) is 0 Å². The van der Waals surface area contributed by atoms with E-state index in [4.69, 9.17) is 10.5 Å². The third kappa shape index (κ3) is 3.50. The molecule has 0 saturated heterocycles. The van der Waals surface area contributed by atoms with E-state index in [1.54, 1.807) is 0 Å². The fourth-order valence-electron chi connectivity index (χ4n) is 1.44. The Bertz CT molecular complexity index is 574. The number of carbonyl (C=O) groups excluding carboxylic acids is 1. The molecule has 9 heteroatoms. The molecule has 1 aromatic rings. The zero-order valence-corrected chi connectivity index (χ0v) is 11.4. The van der Waals surface area contributed by atoms with Crippen LogP contribution in [0.5, 0.6) is 0 Å². The topological polar surface area (TPSA) is 98.5 Å². The van der Waals surface area contributed by atoms with Gasteiger partial charge in [-0.2, -0.15) is 8.78 Å². The van der Waals surface area contributed by atoms with Gasteiger partial charge in [-0.05, 0) is 12.1 Å². The van der Waals surface area contributed by atoms with E-state index in [1.807, 2.05) is 0 Å². The lowest BCUT2D eigenvalue weighted by atomic mass is 10.3. The zero-order chi connectivity index (χ0) is 15.3. The maximum absolute atomic E-state index is 12.6. The predicted molar refractivity (Wildman–Crippen MR) is 68.1 cm³/mol. The van der Waals surface area contributed by atoms with Crippen molar-refractivity contribution in [3.63, 3.8) is 0 Å². The summed E-state index contributed by atoms with van der Waals surface area (Å²) in [6.07, 6.45) is -1.00. The number of para-hydroxylation sites is 1. The van der Waals surface area contributed by atoms with Gasteiger partial charge in [0.25, 0.3) is 5.91 Å². The van der Waals surface area contributed by atoms with Gasteiger partial charge in [-0.3, -0.25) is 4.79 Å². The van der Waals surface area contributed by atoms with Crippen molar-refractivity contribution < 1.29 is 26.7 Å². The molecule has 1 atom stereocenters. The Morgan fingerprint density at radius 3 is 2.50 bits per heavy atom. The van der Waals surface area contributed by atoms with Crippen LogP contribution in [0.4, 0.5) is 14.5 Å². The molecule has 6 nitrogen and oxygen atoms in total. The van der Waals surface area contributed by atoms with Crippen molar-refractivity contribution in [2.75, 3.05) is 19.0 Å². The van der Waals surface area contributed by atoms with E-state index >= 15 is 0 Å². The van der Waals surface area contributed by atoms with Gasteiger partial charge in [0.05, 0.1) is 10.6 Å². The molecular formula is C11H14F2N2O4S. The highest BCUT2D eigenvalue weighted by molar-refractivity contribution is 7.91. The van der Waals surface area contributed by atoms with E-state index in [0.29, 0.717) is 0 Å². The monoisotopic (exact) mass is 308 g/mol. The number of methoxy groups -OCH3 is 1. The normalized spacial score (nSPS) is 13.2. The van der Waals surface area contributed by atoms with Gasteiger partial charge >= 0.3 is 5.76 Å². The lowest BCUT2D eigenvalue weighted by Gasteiger charge is -2.15. The number of ether oxygens (including phenoxy) is 1. The van der Waals surface area contributed by atoms with Gasteiger partial charge in [0.2, 0.25) is 9.84 Å². The number of nitrogens with one attached hydrogen (secondary N) is 1. The van der Waals surface area contributed by atoms with E-state index in [1.165, 1.54) is 25.3 Å². The number of rotatable bonds is 6. The van der Waals surface area contributed by atoms with E-state index in [0.717, 1.165) is 6.07 Å². The minimum atomic E-state index is -4.81. The second-order valence-electron chi connectivity index (χ2n) is 3.75. The molecule has 112 valence electrons. The third-order valence-electron chi connectivity index (χ3n) is 2.48. The molecule has 0 fully saturated rings. The zero-order valence-electron chi connectivity index (χ0n) is 10.5. The summed E-state index contributed by atoms with van der Waals surface area (Å²) in [4.78, 5) is 11.1. The van der Waals surface area contributed by atoms with Crippen LogP contribution in [-0.4, -0.2) is 39.8 Å². The highest BCUT2D eigenvalue weighted by Gasteiger charge is 2.30. The molecule has 1 aromatic carbocycles. The Hall–Kier alpha value is -1.58. The Balaban J connectivity index is 3.13. The fraction of sp³-hybridized carbons (Fsp3) is 0.364. The van der Waals surface area contributed by atoms with Crippen molar-refractivity contribution in [2.45, 2.75) is 16.8 Å². The number of alkyl halides is 2. The molecule has 0 radical (unpaired) electrons. The lowest BCUT2D eigenvalue weighted by Crippen LogP contribution is -2.36. The van der Waals surface area contributed by atoms with E-state index in [2.05, 4.69) is 5.32 Å². The number of amides is 1. The first kappa shape index (κ1) is 16.5. The largest absolute Gasteiger partial charge is 0.370 e. The first-order valence-corrected chi connectivity index (χ1v) is 7.04. The van der Waals surface area contributed by atoms with Crippen LogP contribution in [0.2, 0.25) is 0 Å². The average molecular weight is 308 g/mol. The summed E-state index contributed by atoms with van der Waals surface area (Å²) in [7, 11) is -3.56. The molecule has 0 bridgehead atoms. The van der Waals surface area contributed by atoms with Crippen LogP contribution in [0.3, 0.4) is 0 Å². The van der Waals surface area contributed by atoms with Crippen LogP contribution in [-0.2, 0) is 19.4 Å². The predicted octanol–water partition coefficient (Wildman–Crippen LogP) is 0.595. The summed E-state index contributed by atoms with van der Waals surface area (Å²) in [5.41, 5.74) is 5.04. The second-order valence-corrected chi connectivity index (χ2v) is 5.64. The number of sulfone groups is 1. The summed E-state index contributed by atoms with van der Waals surface area (Å²) >= 11 is 0. The number of carbonyl (C=O) groups is 1. The first-order chi connectivity index (χ1) is 9.34.